The molecule has 0 amide bonds. The summed E-state index contributed by atoms with van der Waals surface area (Å²) in [5.74, 6) is 1.93. The molecule has 2 atom stereocenters. The van der Waals surface area contributed by atoms with E-state index < -0.39 is 0 Å². The number of benzene rings is 2. The molecule has 0 radical (unpaired) electrons. The standard InChI is InChI=1S/C20H18BrNO/c21-17-6-3-5-16-19(12-10-13-8-9-14(11-12)22-13)15-4-1-2-7-18(15)23-20(16)17/h1-7,13-14,22H,8-11H2/t13-,14+. The van der Waals surface area contributed by atoms with Crippen LogP contribution in [0.25, 0.3) is 5.57 Å². The molecular weight excluding hydrogens is 350 g/mol. The van der Waals surface area contributed by atoms with Crippen LogP contribution in [0.1, 0.15) is 36.8 Å². The highest BCUT2D eigenvalue weighted by atomic mass is 79.9. The van der Waals surface area contributed by atoms with Crippen molar-refractivity contribution in [2.45, 2.75) is 37.8 Å². The van der Waals surface area contributed by atoms with Crippen LogP contribution in [0.3, 0.4) is 0 Å². The van der Waals surface area contributed by atoms with Crippen LogP contribution in [0.5, 0.6) is 11.5 Å². The Bertz CT molecular complexity index is 812. The molecule has 0 aromatic heterocycles. The molecule has 0 saturated carbocycles. The van der Waals surface area contributed by atoms with Crippen molar-refractivity contribution in [2.75, 3.05) is 0 Å². The molecule has 2 aromatic rings. The van der Waals surface area contributed by atoms with Crippen molar-refractivity contribution in [3.63, 3.8) is 0 Å². The lowest BCUT2D eigenvalue weighted by molar-refractivity contribution is 0.463. The summed E-state index contributed by atoms with van der Waals surface area (Å²) < 4.78 is 7.23. The van der Waals surface area contributed by atoms with Gasteiger partial charge >= 0.3 is 0 Å². The Labute approximate surface area is 144 Å². The summed E-state index contributed by atoms with van der Waals surface area (Å²) in [6.45, 7) is 0. The van der Waals surface area contributed by atoms with E-state index >= 15 is 0 Å². The second kappa shape index (κ2) is 5.22. The summed E-state index contributed by atoms with van der Waals surface area (Å²) in [4.78, 5) is 0. The second-order valence-corrected chi connectivity index (χ2v) is 7.59. The Balaban J connectivity index is 1.76. The first-order valence-corrected chi connectivity index (χ1v) is 9.13. The molecular formula is C20H18BrNO. The fourth-order valence-electron chi connectivity index (χ4n) is 4.31. The SMILES string of the molecule is Brc1cccc2c1Oc1ccccc1C2=C1C[C@H]2CC[C@@H](C1)N2. The summed E-state index contributed by atoms with van der Waals surface area (Å²) in [6.07, 6.45) is 4.94. The number of halogens is 1. The van der Waals surface area contributed by atoms with E-state index in [1.54, 1.807) is 5.57 Å². The minimum atomic E-state index is 0.655. The van der Waals surface area contributed by atoms with E-state index in [1.165, 1.54) is 29.5 Å². The van der Waals surface area contributed by atoms with Crippen molar-refractivity contribution in [3.05, 3.63) is 63.6 Å². The van der Waals surface area contributed by atoms with E-state index in [9.17, 15) is 0 Å². The predicted molar refractivity (Wildman–Crippen MR) is 95.9 cm³/mol. The highest BCUT2D eigenvalue weighted by molar-refractivity contribution is 9.10. The van der Waals surface area contributed by atoms with Gasteiger partial charge in [-0.15, -0.1) is 0 Å². The van der Waals surface area contributed by atoms with Gasteiger partial charge in [0.25, 0.3) is 0 Å². The largest absolute Gasteiger partial charge is 0.455 e. The van der Waals surface area contributed by atoms with Crippen molar-refractivity contribution in [3.8, 4) is 11.5 Å². The van der Waals surface area contributed by atoms with Crippen LogP contribution in [0.2, 0.25) is 0 Å². The van der Waals surface area contributed by atoms with Gasteiger partial charge in [-0.05, 0) is 59.3 Å². The van der Waals surface area contributed by atoms with Gasteiger partial charge in [0.05, 0.1) is 4.47 Å². The quantitative estimate of drug-likeness (QED) is 0.584. The van der Waals surface area contributed by atoms with Crippen molar-refractivity contribution >= 4 is 21.5 Å². The summed E-state index contributed by atoms with van der Waals surface area (Å²) in [7, 11) is 0. The first kappa shape index (κ1) is 13.8. The fraction of sp³-hybridized carbons (Fsp3) is 0.300. The molecule has 2 saturated heterocycles. The fourth-order valence-corrected chi connectivity index (χ4v) is 4.76. The molecule has 2 bridgehead atoms. The zero-order valence-corrected chi connectivity index (χ0v) is 14.4. The van der Waals surface area contributed by atoms with Gasteiger partial charge in [-0.2, -0.15) is 0 Å². The number of para-hydroxylation sites is 2. The van der Waals surface area contributed by atoms with Crippen molar-refractivity contribution in [2.24, 2.45) is 0 Å². The van der Waals surface area contributed by atoms with Gasteiger partial charge < -0.3 is 10.1 Å². The molecule has 23 heavy (non-hydrogen) atoms. The molecule has 3 aliphatic heterocycles. The van der Waals surface area contributed by atoms with Crippen LogP contribution >= 0.6 is 15.9 Å². The van der Waals surface area contributed by atoms with Gasteiger partial charge in [0.2, 0.25) is 0 Å². The minimum absolute atomic E-state index is 0.655. The third-order valence-electron chi connectivity index (χ3n) is 5.28. The molecule has 2 aromatic carbocycles. The molecule has 1 N–H and O–H groups in total. The van der Waals surface area contributed by atoms with Gasteiger partial charge in [0, 0.05) is 23.2 Å². The van der Waals surface area contributed by atoms with Crippen molar-refractivity contribution < 1.29 is 4.74 Å². The van der Waals surface area contributed by atoms with Crippen molar-refractivity contribution in [1.82, 2.24) is 5.32 Å². The molecule has 3 heterocycles. The van der Waals surface area contributed by atoms with E-state index in [0.29, 0.717) is 12.1 Å². The highest BCUT2D eigenvalue weighted by Gasteiger charge is 2.34. The molecule has 5 rings (SSSR count). The first-order valence-electron chi connectivity index (χ1n) is 8.34. The lowest BCUT2D eigenvalue weighted by Gasteiger charge is -2.30. The maximum Gasteiger partial charge on any atom is 0.149 e. The van der Waals surface area contributed by atoms with E-state index in [-0.39, 0.29) is 0 Å². The smallest absolute Gasteiger partial charge is 0.149 e. The summed E-state index contributed by atoms with van der Waals surface area (Å²) in [5.41, 5.74) is 5.47. The maximum atomic E-state index is 6.20. The van der Waals surface area contributed by atoms with Crippen LogP contribution in [-0.4, -0.2) is 12.1 Å². The van der Waals surface area contributed by atoms with Gasteiger partial charge in [0.1, 0.15) is 11.5 Å². The second-order valence-electron chi connectivity index (χ2n) is 6.74. The van der Waals surface area contributed by atoms with Crippen LogP contribution in [0.15, 0.2) is 52.5 Å². The summed E-state index contributed by atoms with van der Waals surface area (Å²) in [6, 6.07) is 16.1. The van der Waals surface area contributed by atoms with Crippen LogP contribution in [0, 0.1) is 0 Å². The molecule has 116 valence electrons. The zero-order chi connectivity index (χ0) is 15.4. The van der Waals surface area contributed by atoms with E-state index in [1.807, 2.05) is 0 Å². The molecule has 2 fully saturated rings. The molecule has 3 heteroatoms. The van der Waals surface area contributed by atoms with Crippen LogP contribution < -0.4 is 10.1 Å². The number of hydrogen-bond donors (Lipinski definition) is 1. The predicted octanol–water partition coefficient (Wildman–Crippen LogP) is 5.27. The van der Waals surface area contributed by atoms with E-state index in [2.05, 4.69) is 63.7 Å². The topological polar surface area (TPSA) is 21.3 Å². The lowest BCUT2D eigenvalue weighted by Crippen LogP contribution is -2.35. The van der Waals surface area contributed by atoms with Crippen molar-refractivity contribution in [1.29, 1.82) is 0 Å². The van der Waals surface area contributed by atoms with Gasteiger partial charge in [-0.3, -0.25) is 0 Å². The molecule has 0 spiro atoms. The molecule has 2 nitrogen and oxygen atoms in total. The Hall–Kier alpha value is -1.58. The van der Waals surface area contributed by atoms with Gasteiger partial charge in [-0.25, -0.2) is 0 Å². The summed E-state index contributed by atoms with van der Waals surface area (Å²) in [5, 5.41) is 3.74. The van der Waals surface area contributed by atoms with E-state index in [0.717, 1.165) is 28.8 Å². The number of nitrogens with one attached hydrogen (secondary N) is 1. The van der Waals surface area contributed by atoms with Crippen LogP contribution in [-0.2, 0) is 0 Å². The monoisotopic (exact) mass is 367 g/mol. The van der Waals surface area contributed by atoms with E-state index in [4.69, 9.17) is 4.74 Å². The normalized spacial score (nSPS) is 28.0. The highest BCUT2D eigenvalue weighted by Crippen LogP contribution is 2.49. The number of rotatable bonds is 0. The average Bonchev–Trinajstić information content (AvgIpc) is 2.91. The number of fused-ring (bicyclic) bond motifs is 4. The number of ether oxygens (including phenoxy) is 1. The number of piperidine rings is 1. The Morgan fingerprint density at radius 3 is 2.48 bits per heavy atom. The first-order chi connectivity index (χ1) is 11.3. The minimum Gasteiger partial charge on any atom is -0.455 e. The van der Waals surface area contributed by atoms with Crippen LogP contribution in [0.4, 0.5) is 0 Å². The molecule has 0 unspecified atom stereocenters. The molecule has 3 aliphatic rings. The average molecular weight is 368 g/mol. The summed E-state index contributed by atoms with van der Waals surface area (Å²) >= 11 is 3.66. The van der Waals surface area contributed by atoms with Gasteiger partial charge in [-0.1, -0.05) is 35.9 Å². The third-order valence-corrected chi connectivity index (χ3v) is 5.90. The van der Waals surface area contributed by atoms with Gasteiger partial charge in [0.15, 0.2) is 0 Å². The third kappa shape index (κ3) is 2.18. The number of hydrogen-bond acceptors (Lipinski definition) is 2. The Morgan fingerprint density at radius 2 is 1.65 bits per heavy atom. The Morgan fingerprint density at radius 1 is 0.913 bits per heavy atom. The zero-order valence-electron chi connectivity index (χ0n) is 12.8. The Kier molecular flexibility index (Phi) is 3.14. The lowest BCUT2D eigenvalue weighted by atomic mass is 9.84. The maximum absolute atomic E-state index is 6.20. The molecule has 0 aliphatic carbocycles.